The number of imidazole rings is 1. The van der Waals surface area contributed by atoms with Crippen molar-refractivity contribution in [1.29, 1.82) is 0 Å². The minimum absolute atomic E-state index is 0.181. The van der Waals surface area contributed by atoms with Crippen molar-refractivity contribution in [3.05, 3.63) is 108 Å². The summed E-state index contributed by atoms with van der Waals surface area (Å²) in [4.78, 5) is 31.8. The summed E-state index contributed by atoms with van der Waals surface area (Å²) in [6.07, 6.45) is 6.67. The van der Waals surface area contributed by atoms with Crippen LogP contribution in [0, 0.1) is 0 Å². The number of aliphatic hydroxyl groups is 1. The van der Waals surface area contributed by atoms with Gasteiger partial charge in [0.1, 0.15) is 5.76 Å². The second-order valence-corrected chi connectivity index (χ2v) is 10.2. The summed E-state index contributed by atoms with van der Waals surface area (Å²) in [6, 6.07) is 16.9. The number of rotatable bonds is 11. The lowest BCUT2D eigenvalue weighted by molar-refractivity contribution is 0.0950. The van der Waals surface area contributed by atoms with Gasteiger partial charge in [0.25, 0.3) is 5.91 Å². The van der Waals surface area contributed by atoms with Crippen LogP contribution in [0.2, 0.25) is 0 Å². The van der Waals surface area contributed by atoms with Crippen LogP contribution in [0.25, 0.3) is 11.2 Å². The van der Waals surface area contributed by atoms with Crippen LogP contribution in [-0.4, -0.2) is 62.2 Å². The third-order valence-corrected chi connectivity index (χ3v) is 7.21. The summed E-state index contributed by atoms with van der Waals surface area (Å²) in [5.74, 6) is 0.985. The monoisotopic (exact) mass is 580 g/mol. The van der Waals surface area contributed by atoms with Crippen molar-refractivity contribution in [3.63, 3.8) is 0 Å². The molecule has 222 valence electrons. The Morgan fingerprint density at radius 1 is 1.14 bits per heavy atom. The number of carbonyl (C=O) groups is 1. The highest BCUT2D eigenvalue weighted by Crippen LogP contribution is 2.25. The van der Waals surface area contributed by atoms with E-state index in [4.69, 9.17) is 4.74 Å². The Labute approximate surface area is 250 Å². The number of aromatic nitrogens is 4. The van der Waals surface area contributed by atoms with Gasteiger partial charge < -0.3 is 35.7 Å². The fraction of sp³-hybridized carbons (Fsp3) is 0.250. The molecule has 11 nitrogen and oxygen atoms in total. The minimum atomic E-state index is -0.235. The lowest BCUT2D eigenvalue weighted by Crippen LogP contribution is -2.34. The summed E-state index contributed by atoms with van der Waals surface area (Å²) >= 11 is 0. The first-order chi connectivity index (χ1) is 20.9. The standard InChI is InChI=1S/C32H36N8O3/c1-21(40-16-14-26(41)15-17-40)12-13-27(22(2)43-3)37-32-38-29-28(34-20-35-29)30(39-32)36-25-11-7-10-24(18-25)31(42)33-19-23-8-5-4-6-9-23/h4-13,18,20,26,41H,2,14-17,19H2,1,3H3,(H,33,42)(H3,34,35,36,37,38,39)/b21-12+,27-13+. The Morgan fingerprint density at radius 2 is 1.93 bits per heavy atom. The predicted octanol–water partition coefficient (Wildman–Crippen LogP) is 4.84. The van der Waals surface area contributed by atoms with E-state index in [0.29, 0.717) is 52.2 Å². The molecule has 4 aromatic rings. The number of ether oxygens (including phenoxy) is 1. The van der Waals surface area contributed by atoms with Crippen molar-refractivity contribution in [2.24, 2.45) is 0 Å². The van der Waals surface area contributed by atoms with Crippen LogP contribution in [0.1, 0.15) is 35.7 Å². The number of amides is 1. The molecule has 11 heteroatoms. The van der Waals surface area contributed by atoms with Gasteiger partial charge in [-0.3, -0.25) is 4.79 Å². The molecule has 0 unspecified atom stereocenters. The Kier molecular flexibility index (Phi) is 9.33. The smallest absolute Gasteiger partial charge is 0.251 e. The number of fused-ring (bicyclic) bond motifs is 1. The number of aromatic amines is 1. The van der Waals surface area contributed by atoms with Gasteiger partial charge in [0, 0.05) is 36.6 Å². The molecule has 1 aliphatic rings. The summed E-state index contributed by atoms with van der Waals surface area (Å²) in [5.41, 5.74) is 4.92. The number of benzene rings is 2. The number of allylic oxidation sites excluding steroid dienone is 3. The van der Waals surface area contributed by atoms with Crippen LogP contribution in [0.15, 0.2) is 96.8 Å². The van der Waals surface area contributed by atoms with E-state index in [1.807, 2.05) is 61.5 Å². The highest BCUT2D eigenvalue weighted by atomic mass is 16.5. The molecule has 1 aliphatic heterocycles. The summed E-state index contributed by atoms with van der Waals surface area (Å²) in [7, 11) is 1.55. The van der Waals surface area contributed by atoms with Crippen molar-refractivity contribution in [1.82, 2.24) is 30.2 Å². The van der Waals surface area contributed by atoms with E-state index in [-0.39, 0.29) is 12.0 Å². The molecule has 43 heavy (non-hydrogen) atoms. The fourth-order valence-corrected chi connectivity index (χ4v) is 4.70. The van der Waals surface area contributed by atoms with Crippen LogP contribution in [-0.2, 0) is 11.3 Å². The normalized spacial score (nSPS) is 14.4. The van der Waals surface area contributed by atoms with Crippen molar-refractivity contribution in [3.8, 4) is 0 Å². The maximum atomic E-state index is 12.8. The van der Waals surface area contributed by atoms with Crippen LogP contribution in [0.5, 0.6) is 0 Å². The summed E-state index contributed by atoms with van der Waals surface area (Å²) < 4.78 is 5.43. The first-order valence-electron chi connectivity index (χ1n) is 14.1. The van der Waals surface area contributed by atoms with Gasteiger partial charge in [-0.25, -0.2) is 4.98 Å². The van der Waals surface area contributed by atoms with E-state index < -0.39 is 0 Å². The number of aliphatic hydroxyl groups excluding tert-OH is 1. The van der Waals surface area contributed by atoms with E-state index in [1.54, 1.807) is 25.6 Å². The first-order valence-corrected chi connectivity index (χ1v) is 14.1. The van der Waals surface area contributed by atoms with Crippen LogP contribution in [0.4, 0.5) is 17.5 Å². The van der Waals surface area contributed by atoms with Crippen LogP contribution in [0.3, 0.4) is 0 Å². The Morgan fingerprint density at radius 3 is 2.70 bits per heavy atom. The second kappa shape index (κ2) is 13.7. The third kappa shape index (κ3) is 7.57. The lowest BCUT2D eigenvalue weighted by Gasteiger charge is -2.31. The fourth-order valence-electron chi connectivity index (χ4n) is 4.70. The highest BCUT2D eigenvalue weighted by molar-refractivity contribution is 5.95. The minimum Gasteiger partial charge on any atom is -0.495 e. The van der Waals surface area contributed by atoms with E-state index in [0.717, 1.165) is 37.2 Å². The Bertz CT molecular complexity index is 1640. The zero-order valence-corrected chi connectivity index (χ0v) is 24.3. The highest BCUT2D eigenvalue weighted by Gasteiger charge is 2.17. The molecule has 0 radical (unpaired) electrons. The number of hydrogen-bond donors (Lipinski definition) is 5. The number of H-pyrrole nitrogens is 1. The van der Waals surface area contributed by atoms with Gasteiger partial charge in [-0.2, -0.15) is 9.97 Å². The van der Waals surface area contributed by atoms with Gasteiger partial charge in [0.2, 0.25) is 5.95 Å². The molecule has 1 fully saturated rings. The van der Waals surface area contributed by atoms with Gasteiger partial charge in [-0.15, -0.1) is 0 Å². The van der Waals surface area contributed by atoms with Crippen LogP contribution >= 0.6 is 0 Å². The molecule has 0 aliphatic carbocycles. The zero-order chi connectivity index (χ0) is 30.2. The molecular formula is C32H36N8O3. The Balaban J connectivity index is 1.34. The molecule has 0 spiro atoms. The molecule has 0 saturated carbocycles. The molecule has 0 atom stereocenters. The van der Waals surface area contributed by atoms with Gasteiger partial charge in [0.05, 0.1) is 25.2 Å². The predicted molar refractivity (Wildman–Crippen MR) is 167 cm³/mol. The molecule has 1 saturated heterocycles. The maximum absolute atomic E-state index is 12.8. The molecule has 2 aromatic carbocycles. The zero-order valence-electron chi connectivity index (χ0n) is 24.3. The molecule has 0 bridgehead atoms. The maximum Gasteiger partial charge on any atom is 0.251 e. The number of carbonyl (C=O) groups excluding carboxylic acids is 1. The van der Waals surface area contributed by atoms with E-state index >= 15 is 0 Å². The number of nitrogens with zero attached hydrogens (tertiary/aromatic N) is 4. The number of nitrogens with one attached hydrogen (secondary N) is 4. The van der Waals surface area contributed by atoms with Crippen molar-refractivity contribution < 1.29 is 14.6 Å². The van der Waals surface area contributed by atoms with E-state index in [1.165, 1.54) is 0 Å². The number of methoxy groups -OCH3 is 1. The second-order valence-electron chi connectivity index (χ2n) is 10.2. The number of piperidine rings is 1. The van der Waals surface area contributed by atoms with Gasteiger partial charge >= 0.3 is 0 Å². The number of anilines is 3. The summed E-state index contributed by atoms with van der Waals surface area (Å²) in [5, 5.41) is 19.3. The average molecular weight is 581 g/mol. The lowest BCUT2D eigenvalue weighted by atomic mass is 10.1. The number of hydrogen-bond acceptors (Lipinski definition) is 9. The molecule has 5 N–H and O–H groups in total. The van der Waals surface area contributed by atoms with E-state index in [9.17, 15) is 9.90 Å². The van der Waals surface area contributed by atoms with Crippen molar-refractivity contribution >= 4 is 34.5 Å². The first kappa shape index (κ1) is 29.3. The Hall–Kier alpha value is -5.16. The van der Waals surface area contributed by atoms with Gasteiger partial charge in [-0.1, -0.05) is 43.0 Å². The topological polar surface area (TPSA) is 140 Å². The molecule has 3 heterocycles. The van der Waals surface area contributed by atoms with Crippen molar-refractivity contribution in [2.75, 3.05) is 30.8 Å². The molecule has 1 amide bonds. The van der Waals surface area contributed by atoms with E-state index in [2.05, 4.69) is 47.4 Å². The average Bonchev–Trinajstić information content (AvgIpc) is 3.51. The molecule has 2 aromatic heterocycles. The summed E-state index contributed by atoms with van der Waals surface area (Å²) in [6.45, 7) is 8.09. The molecule has 5 rings (SSSR count). The molecular weight excluding hydrogens is 544 g/mol. The van der Waals surface area contributed by atoms with Crippen LogP contribution < -0.4 is 16.0 Å². The largest absolute Gasteiger partial charge is 0.495 e. The third-order valence-electron chi connectivity index (χ3n) is 7.21. The number of likely N-dealkylation sites (tertiary alicyclic amines) is 1. The van der Waals surface area contributed by atoms with Crippen molar-refractivity contribution in [2.45, 2.75) is 32.4 Å². The SMILES string of the molecule is C=C(OC)/C(=C\C=C(/C)N1CCC(O)CC1)Nc1nc(Nc2cccc(C(=O)NCc3ccccc3)c2)c2nc[nH]c2n1. The quantitative estimate of drug-likeness (QED) is 0.124. The van der Waals surface area contributed by atoms with Gasteiger partial charge in [0.15, 0.2) is 17.0 Å². The van der Waals surface area contributed by atoms with Gasteiger partial charge in [-0.05, 0) is 55.7 Å².